The van der Waals surface area contributed by atoms with Crippen LogP contribution >= 0.6 is 0 Å². The molecule has 5 aliphatic carbocycles. The van der Waals surface area contributed by atoms with Crippen molar-refractivity contribution in [3.8, 4) is 0 Å². The van der Waals surface area contributed by atoms with Crippen molar-refractivity contribution in [2.75, 3.05) is 0 Å². The average Bonchev–Trinajstić information content (AvgIpc) is 2.57. The number of carbonyl (C=O) groups is 1. The molecule has 1 aromatic rings. The number of amides is 1. The van der Waals surface area contributed by atoms with E-state index in [1.54, 1.807) is 0 Å². The second kappa shape index (κ2) is 5.36. The van der Waals surface area contributed by atoms with Crippen molar-refractivity contribution in [2.45, 2.75) is 57.4 Å². The van der Waals surface area contributed by atoms with Crippen LogP contribution in [-0.4, -0.2) is 11.9 Å². The standard InChI is InChI=1S/C21H27NO/c23-21(17-6-5-15-3-1-2-4-16(15)12-17)22-20-18-8-13-7-14(10-18)11-19(20)9-13/h1-4,13-14,17-20H,5-12H2,(H,22,23). The maximum Gasteiger partial charge on any atom is 0.223 e. The van der Waals surface area contributed by atoms with Crippen molar-refractivity contribution >= 4 is 5.91 Å². The van der Waals surface area contributed by atoms with Crippen molar-refractivity contribution in [1.82, 2.24) is 5.32 Å². The summed E-state index contributed by atoms with van der Waals surface area (Å²) in [6.45, 7) is 0. The Labute approximate surface area is 139 Å². The smallest absolute Gasteiger partial charge is 0.223 e. The van der Waals surface area contributed by atoms with Crippen LogP contribution in [0, 0.1) is 29.6 Å². The third kappa shape index (κ3) is 2.42. The molecule has 0 saturated heterocycles. The maximum atomic E-state index is 12.9. The summed E-state index contributed by atoms with van der Waals surface area (Å²) in [4.78, 5) is 12.9. The first-order valence-electron chi connectivity index (χ1n) is 9.63. The molecule has 1 unspecified atom stereocenters. The fraction of sp³-hybridized carbons (Fsp3) is 0.667. The van der Waals surface area contributed by atoms with Gasteiger partial charge in [0.05, 0.1) is 0 Å². The number of hydrogen-bond acceptors (Lipinski definition) is 1. The van der Waals surface area contributed by atoms with Gasteiger partial charge in [-0.1, -0.05) is 24.3 Å². The number of fused-ring (bicyclic) bond motifs is 1. The van der Waals surface area contributed by atoms with E-state index in [9.17, 15) is 4.79 Å². The van der Waals surface area contributed by atoms with Gasteiger partial charge in [-0.2, -0.15) is 0 Å². The molecule has 6 rings (SSSR count). The molecule has 0 aliphatic heterocycles. The molecule has 5 aliphatic rings. The predicted octanol–water partition coefficient (Wildman–Crippen LogP) is 3.73. The van der Waals surface area contributed by atoms with E-state index < -0.39 is 0 Å². The van der Waals surface area contributed by atoms with Gasteiger partial charge in [-0.25, -0.2) is 0 Å². The first-order chi connectivity index (χ1) is 11.3. The summed E-state index contributed by atoms with van der Waals surface area (Å²) < 4.78 is 0. The molecule has 4 bridgehead atoms. The predicted molar refractivity (Wildman–Crippen MR) is 90.9 cm³/mol. The Bertz CT molecular complexity index is 594. The molecule has 23 heavy (non-hydrogen) atoms. The molecule has 1 N–H and O–H groups in total. The average molecular weight is 309 g/mol. The highest BCUT2D eigenvalue weighted by molar-refractivity contribution is 5.79. The number of rotatable bonds is 2. The summed E-state index contributed by atoms with van der Waals surface area (Å²) in [6.07, 6.45) is 10.0. The molecule has 1 amide bonds. The lowest BCUT2D eigenvalue weighted by Gasteiger charge is -2.54. The largest absolute Gasteiger partial charge is 0.353 e. The van der Waals surface area contributed by atoms with Crippen LogP contribution in [0.15, 0.2) is 24.3 Å². The van der Waals surface area contributed by atoms with Crippen LogP contribution < -0.4 is 5.32 Å². The minimum Gasteiger partial charge on any atom is -0.353 e. The Balaban J connectivity index is 1.28. The van der Waals surface area contributed by atoms with Gasteiger partial charge in [0.1, 0.15) is 0 Å². The number of nitrogens with one attached hydrogen (secondary N) is 1. The second-order valence-corrected chi connectivity index (χ2v) is 8.67. The number of aryl methyl sites for hydroxylation is 1. The van der Waals surface area contributed by atoms with Gasteiger partial charge >= 0.3 is 0 Å². The molecule has 4 fully saturated rings. The van der Waals surface area contributed by atoms with Gasteiger partial charge in [-0.3, -0.25) is 4.79 Å². The van der Waals surface area contributed by atoms with Gasteiger partial charge in [0.2, 0.25) is 5.91 Å². The van der Waals surface area contributed by atoms with Gasteiger partial charge in [0, 0.05) is 12.0 Å². The van der Waals surface area contributed by atoms with E-state index in [0.29, 0.717) is 11.9 Å². The van der Waals surface area contributed by atoms with Crippen molar-refractivity contribution in [2.24, 2.45) is 29.6 Å². The van der Waals surface area contributed by atoms with E-state index in [1.165, 1.54) is 43.2 Å². The summed E-state index contributed by atoms with van der Waals surface area (Å²) in [5, 5.41) is 3.52. The molecule has 0 spiro atoms. The molecule has 2 heteroatoms. The zero-order valence-corrected chi connectivity index (χ0v) is 13.8. The molecule has 2 nitrogen and oxygen atoms in total. The Morgan fingerprint density at radius 2 is 1.57 bits per heavy atom. The molecule has 4 saturated carbocycles. The lowest BCUT2D eigenvalue weighted by Crippen LogP contribution is -2.56. The highest BCUT2D eigenvalue weighted by atomic mass is 16.1. The number of carbonyl (C=O) groups excluding carboxylic acids is 1. The molecule has 1 aromatic carbocycles. The van der Waals surface area contributed by atoms with E-state index in [-0.39, 0.29) is 5.92 Å². The van der Waals surface area contributed by atoms with E-state index in [4.69, 9.17) is 0 Å². The van der Waals surface area contributed by atoms with Gasteiger partial charge in [-0.05, 0) is 86.2 Å². The molecule has 0 radical (unpaired) electrons. The minimum atomic E-state index is 0.196. The maximum absolute atomic E-state index is 12.9. The van der Waals surface area contributed by atoms with Crippen molar-refractivity contribution in [3.05, 3.63) is 35.4 Å². The van der Waals surface area contributed by atoms with Crippen molar-refractivity contribution in [3.63, 3.8) is 0 Å². The summed E-state index contributed by atoms with van der Waals surface area (Å²) in [5.41, 5.74) is 2.84. The summed E-state index contributed by atoms with van der Waals surface area (Å²) in [7, 11) is 0. The lowest BCUT2D eigenvalue weighted by molar-refractivity contribution is -0.129. The fourth-order valence-electron chi connectivity index (χ4n) is 6.36. The quantitative estimate of drug-likeness (QED) is 0.886. The van der Waals surface area contributed by atoms with Gasteiger partial charge in [0.25, 0.3) is 0 Å². The topological polar surface area (TPSA) is 29.1 Å². The van der Waals surface area contributed by atoms with Crippen molar-refractivity contribution < 1.29 is 4.79 Å². The Hall–Kier alpha value is -1.31. The van der Waals surface area contributed by atoms with Gasteiger partial charge in [0.15, 0.2) is 0 Å². The third-order valence-corrected chi connectivity index (χ3v) is 7.25. The van der Waals surface area contributed by atoms with Crippen LogP contribution in [0.3, 0.4) is 0 Å². The molecular weight excluding hydrogens is 282 g/mol. The van der Waals surface area contributed by atoms with Crippen LogP contribution in [-0.2, 0) is 17.6 Å². The zero-order valence-electron chi connectivity index (χ0n) is 13.8. The summed E-state index contributed by atoms with van der Waals surface area (Å²) >= 11 is 0. The molecule has 0 aromatic heterocycles. The van der Waals surface area contributed by atoms with Gasteiger partial charge in [-0.15, -0.1) is 0 Å². The van der Waals surface area contributed by atoms with Crippen LogP contribution in [0.25, 0.3) is 0 Å². The molecule has 0 heterocycles. The highest BCUT2D eigenvalue weighted by Gasteiger charge is 2.48. The van der Waals surface area contributed by atoms with Crippen molar-refractivity contribution in [1.29, 1.82) is 0 Å². The van der Waals surface area contributed by atoms with Crippen LogP contribution in [0.2, 0.25) is 0 Å². The van der Waals surface area contributed by atoms with Gasteiger partial charge < -0.3 is 5.32 Å². The summed E-state index contributed by atoms with van der Waals surface area (Å²) in [5.74, 6) is 4.07. The minimum absolute atomic E-state index is 0.196. The molecular formula is C21H27NO. The van der Waals surface area contributed by atoms with E-state index in [2.05, 4.69) is 29.6 Å². The highest BCUT2D eigenvalue weighted by Crippen LogP contribution is 2.53. The van der Waals surface area contributed by atoms with Crippen LogP contribution in [0.4, 0.5) is 0 Å². The monoisotopic (exact) mass is 309 g/mol. The fourth-order valence-corrected chi connectivity index (χ4v) is 6.36. The molecule has 1 atom stereocenters. The van der Waals surface area contributed by atoms with E-state index in [1.807, 2.05) is 0 Å². The SMILES string of the molecule is O=C(NC1C2CC3CC(C2)CC1C3)C1CCc2ccccc2C1. The number of hydrogen-bond donors (Lipinski definition) is 1. The number of benzene rings is 1. The third-order valence-electron chi connectivity index (χ3n) is 7.25. The Morgan fingerprint density at radius 3 is 2.26 bits per heavy atom. The van der Waals surface area contributed by atoms with E-state index >= 15 is 0 Å². The second-order valence-electron chi connectivity index (χ2n) is 8.67. The summed E-state index contributed by atoms with van der Waals surface area (Å²) in [6, 6.07) is 9.15. The first-order valence-corrected chi connectivity index (χ1v) is 9.63. The molecule has 122 valence electrons. The van der Waals surface area contributed by atoms with E-state index in [0.717, 1.165) is 42.9 Å². The Kier molecular flexibility index (Phi) is 3.28. The normalized spacial score (nSPS) is 40.7. The zero-order chi connectivity index (χ0) is 15.4. The Morgan fingerprint density at radius 1 is 0.913 bits per heavy atom. The van der Waals surface area contributed by atoms with Crippen LogP contribution in [0.1, 0.15) is 49.7 Å². The lowest BCUT2D eigenvalue weighted by atomic mass is 9.54. The van der Waals surface area contributed by atoms with Crippen LogP contribution in [0.5, 0.6) is 0 Å². The first kappa shape index (κ1) is 14.1.